The summed E-state index contributed by atoms with van der Waals surface area (Å²) in [6.45, 7) is 0. The minimum Gasteiger partial charge on any atom is -0.507 e. The maximum Gasteiger partial charge on any atom is 0.273 e. The van der Waals surface area contributed by atoms with E-state index >= 15 is 0 Å². The average Bonchev–Trinajstić information content (AvgIpc) is 2.70. The molecule has 3 aromatic carbocycles. The zero-order valence-electron chi connectivity index (χ0n) is 14.9. The highest BCUT2D eigenvalue weighted by Crippen LogP contribution is 2.21. The van der Waals surface area contributed by atoms with Gasteiger partial charge in [-0.3, -0.25) is 9.52 Å². The number of carbonyl (C=O) groups excluding carboxylic acids is 1. The first-order chi connectivity index (χ1) is 13.9. The molecule has 3 N–H and O–H groups in total. The van der Waals surface area contributed by atoms with E-state index in [1.54, 1.807) is 30.3 Å². The van der Waals surface area contributed by atoms with Gasteiger partial charge in [0.25, 0.3) is 15.9 Å². The second-order valence-electron chi connectivity index (χ2n) is 5.86. The molecule has 0 spiro atoms. The SMILES string of the molecule is O=C(NN=Cc1ccccc1O)c1ccccc1NS(=O)(=O)c1ccc(Cl)cc1. The zero-order chi connectivity index (χ0) is 20.9. The van der Waals surface area contributed by atoms with E-state index in [-0.39, 0.29) is 21.9 Å². The summed E-state index contributed by atoms with van der Waals surface area (Å²) in [5.74, 6) is -0.604. The fraction of sp³-hybridized carbons (Fsp3) is 0. The van der Waals surface area contributed by atoms with Gasteiger partial charge in [0.15, 0.2) is 0 Å². The summed E-state index contributed by atoms with van der Waals surface area (Å²) < 4.78 is 27.6. The number of rotatable bonds is 6. The first-order valence-electron chi connectivity index (χ1n) is 8.35. The van der Waals surface area contributed by atoms with Crippen molar-refractivity contribution in [2.75, 3.05) is 4.72 Å². The molecule has 29 heavy (non-hydrogen) atoms. The van der Waals surface area contributed by atoms with Crippen LogP contribution < -0.4 is 10.1 Å². The third-order valence-corrected chi connectivity index (χ3v) is 5.48. The van der Waals surface area contributed by atoms with Gasteiger partial charge in [0.05, 0.1) is 22.4 Å². The van der Waals surface area contributed by atoms with Crippen LogP contribution in [0.5, 0.6) is 5.75 Å². The number of hydrogen-bond donors (Lipinski definition) is 3. The molecule has 0 aliphatic rings. The molecule has 0 saturated heterocycles. The lowest BCUT2D eigenvalue weighted by molar-refractivity contribution is 0.0956. The second-order valence-corrected chi connectivity index (χ2v) is 7.98. The number of sulfonamides is 1. The lowest BCUT2D eigenvalue weighted by Crippen LogP contribution is -2.21. The van der Waals surface area contributed by atoms with Crippen molar-refractivity contribution in [2.24, 2.45) is 5.10 Å². The molecule has 0 unspecified atom stereocenters. The van der Waals surface area contributed by atoms with Crippen molar-refractivity contribution >= 4 is 39.4 Å². The van der Waals surface area contributed by atoms with Crippen LogP contribution in [0.3, 0.4) is 0 Å². The summed E-state index contributed by atoms with van der Waals surface area (Å²) in [5, 5.41) is 13.9. The molecule has 0 heterocycles. The van der Waals surface area contributed by atoms with Gasteiger partial charge in [0, 0.05) is 10.6 Å². The van der Waals surface area contributed by atoms with Gasteiger partial charge < -0.3 is 5.11 Å². The number of phenolic OH excluding ortho intramolecular Hbond substituents is 1. The normalized spacial score (nSPS) is 11.3. The Morgan fingerprint density at radius 1 is 0.966 bits per heavy atom. The Kier molecular flexibility index (Phi) is 6.16. The van der Waals surface area contributed by atoms with Crippen molar-refractivity contribution in [3.8, 4) is 5.75 Å². The third kappa shape index (κ3) is 5.13. The van der Waals surface area contributed by atoms with Gasteiger partial charge in [-0.05, 0) is 48.5 Å². The predicted molar refractivity (Wildman–Crippen MR) is 112 cm³/mol. The molecule has 0 atom stereocenters. The number of hydrazone groups is 1. The third-order valence-electron chi connectivity index (χ3n) is 3.85. The van der Waals surface area contributed by atoms with Crippen LogP contribution in [-0.2, 0) is 10.0 Å². The predicted octanol–water partition coefficient (Wildman–Crippen LogP) is 3.61. The number of anilines is 1. The fourth-order valence-electron chi connectivity index (χ4n) is 2.40. The summed E-state index contributed by atoms with van der Waals surface area (Å²) in [5.41, 5.74) is 2.91. The summed E-state index contributed by atoms with van der Waals surface area (Å²) in [4.78, 5) is 12.5. The lowest BCUT2D eigenvalue weighted by atomic mass is 10.2. The van der Waals surface area contributed by atoms with Crippen LogP contribution in [-0.4, -0.2) is 25.6 Å². The van der Waals surface area contributed by atoms with E-state index in [0.717, 1.165) is 0 Å². The number of aromatic hydroxyl groups is 1. The largest absolute Gasteiger partial charge is 0.507 e. The van der Waals surface area contributed by atoms with Crippen LogP contribution >= 0.6 is 11.6 Å². The number of nitrogens with one attached hydrogen (secondary N) is 2. The molecule has 0 aliphatic heterocycles. The first-order valence-corrected chi connectivity index (χ1v) is 10.2. The molecule has 3 rings (SSSR count). The smallest absolute Gasteiger partial charge is 0.273 e. The van der Waals surface area contributed by atoms with Crippen molar-refractivity contribution in [3.63, 3.8) is 0 Å². The molecule has 0 saturated carbocycles. The van der Waals surface area contributed by atoms with E-state index in [0.29, 0.717) is 10.6 Å². The fourth-order valence-corrected chi connectivity index (χ4v) is 3.61. The summed E-state index contributed by atoms with van der Waals surface area (Å²) in [7, 11) is -3.92. The quantitative estimate of drug-likeness (QED) is 0.411. The Morgan fingerprint density at radius 2 is 1.62 bits per heavy atom. The molecule has 0 fully saturated rings. The van der Waals surface area contributed by atoms with Gasteiger partial charge in [-0.2, -0.15) is 5.10 Å². The Hall–Kier alpha value is -3.36. The molecule has 0 radical (unpaired) electrons. The van der Waals surface area contributed by atoms with Gasteiger partial charge in [-0.15, -0.1) is 0 Å². The molecule has 0 aliphatic carbocycles. The number of amides is 1. The van der Waals surface area contributed by atoms with Crippen LogP contribution in [0.15, 0.2) is 82.8 Å². The summed E-state index contributed by atoms with van der Waals surface area (Å²) in [6, 6.07) is 18.3. The zero-order valence-corrected chi connectivity index (χ0v) is 16.5. The monoisotopic (exact) mass is 429 g/mol. The summed E-state index contributed by atoms with van der Waals surface area (Å²) in [6.07, 6.45) is 1.29. The number of phenols is 1. The van der Waals surface area contributed by atoms with Gasteiger partial charge in [0.1, 0.15) is 5.75 Å². The van der Waals surface area contributed by atoms with Gasteiger partial charge in [0.2, 0.25) is 0 Å². The highest BCUT2D eigenvalue weighted by atomic mass is 35.5. The Labute approximate surface area is 172 Å². The van der Waals surface area contributed by atoms with E-state index in [4.69, 9.17) is 11.6 Å². The minimum absolute atomic E-state index is 0.00897. The number of nitrogens with zero attached hydrogens (tertiary/aromatic N) is 1. The van der Waals surface area contributed by atoms with Crippen molar-refractivity contribution in [2.45, 2.75) is 4.90 Å². The average molecular weight is 430 g/mol. The standard InChI is InChI=1S/C20H16ClN3O4S/c21-15-9-11-16(12-10-15)29(27,28)24-18-7-3-2-6-17(18)20(26)23-22-13-14-5-1-4-8-19(14)25/h1-13,24-25H,(H,23,26). The Morgan fingerprint density at radius 3 is 2.34 bits per heavy atom. The van der Waals surface area contributed by atoms with Crippen LogP contribution in [0.4, 0.5) is 5.69 Å². The second kappa shape index (κ2) is 8.76. The number of hydrogen-bond acceptors (Lipinski definition) is 5. The van der Waals surface area contributed by atoms with E-state index in [2.05, 4.69) is 15.2 Å². The van der Waals surface area contributed by atoms with Gasteiger partial charge in [-0.1, -0.05) is 35.9 Å². The molecule has 7 nitrogen and oxygen atoms in total. The highest BCUT2D eigenvalue weighted by molar-refractivity contribution is 7.92. The Bertz CT molecular complexity index is 1160. The van der Waals surface area contributed by atoms with Crippen molar-refractivity contribution in [1.29, 1.82) is 0 Å². The number of halogens is 1. The molecule has 0 aromatic heterocycles. The van der Waals surface area contributed by atoms with Crippen molar-refractivity contribution in [1.82, 2.24) is 5.43 Å². The highest BCUT2D eigenvalue weighted by Gasteiger charge is 2.18. The van der Waals surface area contributed by atoms with Gasteiger partial charge >= 0.3 is 0 Å². The number of para-hydroxylation sites is 2. The van der Waals surface area contributed by atoms with Crippen LogP contribution in [0, 0.1) is 0 Å². The van der Waals surface area contributed by atoms with Crippen LogP contribution in [0.1, 0.15) is 15.9 Å². The maximum absolute atomic E-state index is 12.6. The van der Waals surface area contributed by atoms with E-state index in [1.807, 2.05) is 0 Å². The Balaban J connectivity index is 1.78. The van der Waals surface area contributed by atoms with E-state index in [1.165, 1.54) is 48.7 Å². The first kappa shape index (κ1) is 20.4. The molecular formula is C20H16ClN3O4S. The van der Waals surface area contributed by atoms with Crippen molar-refractivity contribution in [3.05, 3.63) is 88.9 Å². The maximum atomic E-state index is 12.6. The van der Waals surface area contributed by atoms with Crippen LogP contribution in [0.2, 0.25) is 5.02 Å². The minimum atomic E-state index is -3.92. The topological polar surface area (TPSA) is 108 Å². The molecular weight excluding hydrogens is 414 g/mol. The number of carbonyl (C=O) groups is 1. The lowest BCUT2D eigenvalue weighted by Gasteiger charge is -2.11. The van der Waals surface area contributed by atoms with E-state index in [9.17, 15) is 18.3 Å². The van der Waals surface area contributed by atoms with E-state index < -0.39 is 15.9 Å². The summed E-state index contributed by atoms with van der Waals surface area (Å²) >= 11 is 5.79. The molecule has 3 aromatic rings. The molecule has 9 heteroatoms. The van der Waals surface area contributed by atoms with Gasteiger partial charge in [-0.25, -0.2) is 13.8 Å². The molecule has 148 valence electrons. The van der Waals surface area contributed by atoms with Crippen LogP contribution in [0.25, 0.3) is 0 Å². The molecule has 0 bridgehead atoms. The molecule has 1 amide bonds. The van der Waals surface area contributed by atoms with Crippen molar-refractivity contribution < 1.29 is 18.3 Å². The number of benzene rings is 3.